The fourth-order valence-electron chi connectivity index (χ4n) is 2.76. The number of hydrogen-bond acceptors (Lipinski definition) is 1. The maximum atomic E-state index is 11.8. The largest absolute Gasteiger partial charge is 0.344 e. The molecule has 18 heavy (non-hydrogen) atoms. The Hall–Kier alpha value is -2.09. The molecule has 2 heteroatoms. The van der Waals surface area contributed by atoms with Crippen molar-refractivity contribution in [2.24, 2.45) is 7.05 Å². The zero-order chi connectivity index (χ0) is 12.9. The van der Waals surface area contributed by atoms with Gasteiger partial charge in [-0.15, -0.1) is 0 Å². The molecule has 0 radical (unpaired) electrons. The first-order valence-corrected chi connectivity index (χ1v) is 6.09. The normalized spacial score (nSPS) is 11.3. The second-order valence-corrected chi connectivity index (χ2v) is 4.78. The summed E-state index contributed by atoms with van der Waals surface area (Å²) in [4.78, 5) is 11.8. The van der Waals surface area contributed by atoms with Crippen molar-refractivity contribution in [2.75, 3.05) is 0 Å². The lowest BCUT2D eigenvalue weighted by Gasteiger charge is -2.01. The zero-order valence-corrected chi connectivity index (χ0v) is 10.8. The maximum absolute atomic E-state index is 11.8. The molecule has 3 rings (SSSR count). The number of benzene rings is 2. The maximum Gasteiger partial charge on any atom is 0.160 e. The highest BCUT2D eigenvalue weighted by molar-refractivity contribution is 6.19. The van der Waals surface area contributed by atoms with E-state index in [0.717, 1.165) is 16.5 Å². The Kier molecular flexibility index (Phi) is 2.27. The number of rotatable bonds is 1. The number of fused-ring (bicyclic) bond motifs is 3. The zero-order valence-electron chi connectivity index (χ0n) is 10.8. The van der Waals surface area contributed by atoms with E-state index in [4.69, 9.17) is 0 Å². The van der Waals surface area contributed by atoms with Crippen LogP contribution in [0.25, 0.3) is 21.8 Å². The van der Waals surface area contributed by atoms with Gasteiger partial charge >= 0.3 is 0 Å². The van der Waals surface area contributed by atoms with Crippen LogP contribution in [0.15, 0.2) is 36.4 Å². The summed E-state index contributed by atoms with van der Waals surface area (Å²) in [6.45, 7) is 3.73. The summed E-state index contributed by atoms with van der Waals surface area (Å²) >= 11 is 0. The average Bonchev–Trinajstić information content (AvgIpc) is 2.65. The molecule has 0 aliphatic carbocycles. The van der Waals surface area contributed by atoms with Gasteiger partial charge in [0.25, 0.3) is 0 Å². The Balaban J connectivity index is 2.67. The molecule has 0 aliphatic rings. The minimum Gasteiger partial charge on any atom is -0.344 e. The van der Waals surface area contributed by atoms with Crippen molar-refractivity contribution >= 4 is 27.6 Å². The first-order chi connectivity index (χ1) is 8.61. The molecule has 1 aromatic heterocycles. The lowest BCUT2D eigenvalue weighted by molar-refractivity contribution is 0.101. The minimum absolute atomic E-state index is 0.122. The van der Waals surface area contributed by atoms with Gasteiger partial charge in [-0.3, -0.25) is 4.79 Å². The molecule has 0 N–H and O–H groups in total. The topological polar surface area (TPSA) is 22.0 Å². The van der Waals surface area contributed by atoms with E-state index in [9.17, 15) is 4.79 Å². The molecule has 0 atom stereocenters. The Morgan fingerprint density at radius 3 is 2.28 bits per heavy atom. The van der Waals surface area contributed by atoms with E-state index in [-0.39, 0.29) is 5.78 Å². The summed E-state index contributed by atoms with van der Waals surface area (Å²) in [7, 11) is 2.05. The van der Waals surface area contributed by atoms with Crippen molar-refractivity contribution in [3.05, 3.63) is 47.5 Å². The number of aromatic nitrogens is 1. The molecule has 0 saturated carbocycles. The van der Waals surface area contributed by atoms with Crippen LogP contribution in [0.5, 0.6) is 0 Å². The Morgan fingerprint density at radius 2 is 1.61 bits per heavy atom. The number of ketones is 1. The summed E-state index contributed by atoms with van der Waals surface area (Å²) in [6.07, 6.45) is 0. The van der Waals surface area contributed by atoms with Crippen LogP contribution < -0.4 is 0 Å². The third kappa shape index (κ3) is 1.32. The molecule has 0 aliphatic heterocycles. The molecule has 0 fully saturated rings. The van der Waals surface area contributed by atoms with E-state index in [1.165, 1.54) is 16.5 Å². The van der Waals surface area contributed by atoms with Crippen LogP contribution in [0.3, 0.4) is 0 Å². The monoisotopic (exact) mass is 237 g/mol. The lowest BCUT2D eigenvalue weighted by atomic mass is 10.0. The van der Waals surface area contributed by atoms with Crippen LogP contribution >= 0.6 is 0 Å². The van der Waals surface area contributed by atoms with Crippen molar-refractivity contribution in [1.29, 1.82) is 0 Å². The van der Waals surface area contributed by atoms with Gasteiger partial charge in [-0.05, 0) is 31.5 Å². The summed E-state index contributed by atoms with van der Waals surface area (Å²) in [5, 5.41) is 2.28. The molecular formula is C16H15NO. The second kappa shape index (κ2) is 3.70. The molecular weight excluding hydrogens is 222 g/mol. The first kappa shape index (κ1) is 11.0. The highest BCUT2D eigenvalue weighted by atomic mass is 16.1. The lowest BCUT2D eigenvalue weighted by Crippen LogP contribution is -1.93. The number of Topliss-reactive ketones (excluding diaryl/α,β-unsaturated/α-hetero) is 1. The van der Waals surface area contributed by atoms with E-state index in [1.54, 1.807) is 6.92 Å². The molecule has 0 unspecified atom stereocenters. The molecule has 0 bridgehead atoms. The minimum atomic E-state index is 0.122. The van der Waals surface area contributed by atoms with E-state index in [2.05, 4.69) is 35.8 Å². The van der Waals surface area contributed by atoms with Gasteiger partial charge < -0.3 is 4.57 Å². The van der Waals surface area contributed by atoms with Crippen LogP contribution in [0, 0.1) is 6.92 Å². The number of aryl methyl sites for hydroxylation is 2. The molecule has 2 nitrogen and oxygen atoms in total. The van der Waals surface area contributed by atoms with E-state index in [1.807, 2.05) is 19.2 Å². The standard InChI is InChI=1S/C16H15NO/c1-10-6-4-8-13-15(10)16-12(11(2)18)7-5-9-14(16)17(13)3/h4-9H,1-3H3. The second-order valence-electron chi connectivity index (χ2n) is 4.78. The van der Waals surface area contributed by atoms with Crippen molar-refractivity contribution < 1.29 is 4.79 Å². The van der Waals surface area contributed by atoms with Gasteiger partial charge in [0, 0.05) is 34.4 Å². The molecule has 3 aromatic rings. The van der Waals surface area contributed by atoms with Crippen LogP contribution in [0.1, 0.15) is 22.8 Å². The predicted molar refractivity (Wildman–Crippen MR) is 75.2 cm³/mol. The highest BCUT2D eigenvalue weighted by Crippen LogP contribution is 2.33. The number of carbonyl (C=O) groups is 1. The molecule has 2 aromatic carbocycles. The number of hydrogen-bond donors (Lipinski definition) is 0. The summed E-state index contributed by atoms with van der Waals surface area (Å²) < 4.78 is 2.16. The first-order valence-electron chi connectivity index (χ1n) is 6.09. The van der Waals surface area contributed by atoms with Gasteiger partial charge in [-0.25, -0.2) is 0 Å². The van der Waals surface area contributed by atoms with E-state index < -0.39 is 0 Å². The van der Waals surface area contributed by atoms with Crippen molar-refractivity contribution in [3.8, 4) is 0 Å². The average molecular weight is 237 g/mol. The van der Waals surface area contributed by atoms with E-state index >= 15 is 0 Å². The van der Waals surface area contributed by atoms with Gasteiger partial charge in [0.15, 0.2) is 5.78 Å². The quantitative estimate of drug-likeness (QED) is 0.589. The van der Waals surface area contributed by atoms with Gasteiger partial charge in [-0.2, -0.15) is 0 Å². The van der Waals surface area contributed by atoms with Gasteiger partial charge in [0.2, 0.25) is 0 Å². The van der Waals surface area contributed by atoms with Crippen LogP contribution in [-0.2, 0) is 7.05 Å². The van der Waals surface area contributed by atoms with Crippen LogP contribution in [0.4, 0.5) is 0 Å². The highest BCUT2D eigenvalue weighted by Gasteiger charge is 2.14. The Bertz CT molecular complexity index is 780. The molecule has 0 spiro atoms. The third-order valence-corrected chi connectivity index (χ3v) is 3.65. The number of carbonyl (C=O) groups excluding carboxylic acids is 1. The van der Waals surface area contributed by atoms with Gasteiger partial charge in [0.05, 0.1) is 0 Å². The molecule has 0 amide bonds. The summed E-state index contributed by atoms with van der Waals surface area (Å²) in [5.74, 6) is 0.122. The third-order valence-electron chi connectivity index (χ3n) is 3.65. The van der Waals surface area contributed by atoms with Crippen molar-refractivity contribution in [2.45, 2.75) is 13.8 Å². The Labute approximate surface area is 106 Å². The molecule has 1 heterocycles. The molecule has 0 saturated heterocycles. The molecule has 90 valence electrons. The van der Waals surface area contributed by atoms with Crippen molar-refractivity contribution in [1.82, 2.24) is 4.57 Å². The summed E-state index contributed by atoms with van der Waals surface area (Å²) in [5.41, 5.74) is 4.32. The van der Waals surface area contributed by atoms with Crippen molar-refractivity contribution in [3.63, 3.8) is 0 Å². The smallest absolute Gasteiger partial charge is 0.160 e. The van der Waals surface area contributed by atoms with Crippen LogP contribution in [0.2, 0.25) is 0 Å². The fraction of sp³-hybridized carbons (Fsp3) is 0.188. The van der Waals surface area contributed by atoms with E-state index in [0.29, 0.717) is 0 Å². The predicted octanol–water partition coefficient (Wildman–Crippen LogP) is 3.84. The number of nitrogens with zero attached hydrogens (tertiary/aromatic N) is 1. The fourth-order valence-corrected chi connectivity index (χ4v) is 2.76. The van der Waals surface area contributed by atoms with Gasteiger partial charge in [-0.1, -0.05) is 24.3 Å². The Morgan fingerprint density at radius 1 is 1.00 bits per heavy atom. The van der Waals surface area contributed by atoms with Crippen LogP contribution in [-0.4, -0.2) is 10.4 Å². The van der Waals surface area contributed by atoms with Gasteiger partial charge in [0.1, 0.15) is 0 Å². The summed E-state index contributed by atoms with van der Waals surface area (Å²) in [6, 6.07) is 12.2. The SMILES string of the molecule is CC(=O)c1cccc2c1c1c(C)cccc1n2C.